The summed E-state index contributed by atoms with van der Waals surface area (Å²) in [5.41, 5.74) is 1.81. The third-order valence-corrected chi connectivity index (χ3v) is 5.86. The zero-order chi connectivity index (χ0) is 18.8. The lowest BCUT2D eigenvalue weighted by molar-refractivity contribution is 0.102. The summed E-state index contributed by atoms with van der Waals surface area (Å²) in [4.78, 5) is 25.5. The molecule has 132 valence electrons. The SMILES string of the molecule is O=C(c1ccccc1)c1ccc(NC(=O)c2sc3ccccc3c2Cl)cc1. The number of carbonyl (C=O) groups is 2. The maximum absolute atomic E-state index is 12.6. The number of nitrogens with one attached hydrogen (secondary N) is 1. The van der Waals surface area contributed by atoms with Crippen molar-refractivity contribution < 1.29 is 9.59 Å². The van der Waals surface area contributed by atoms with Crippen LogP contribution in [0.3, 0.4) is 0 Å². The van der Waals surface area contributed by atoms with Gasteiger partial charge in [-0.1, -0.05) is 60.1 Å². The van der Waals surface area contributed by atoms with Gasteiger partial charge in [0.1, 0.15) is 4.88 Å². The maximum atomic E-state index is 12.6. The summed E-state index contributed by atoms with van der Waals surface area (Å²) in [6.07, 6.45) is 0. The van der Waals surface area contributed by atoms with Crippen LogP contribution >= 0.6 is 22.9 Å². The van der Waals surface area contributed by atoms with Crippen molar-refractivity contribution in [3.63, 3.8) is 0 Å². The van der Waals surface area contributed by atoms with Crippen molar-refractivity contribution in [1.29, 1.82) is 0 Å². The van der Waals surface area contributed by atoms with Gasteiger partial charge < -0.3 is 5.32 Å². The number of anilines is 1. The summed E-state index contributed by atoms with van der Waals surface area (Å²) >= 11 is 7.72. The lowest BCUT2D eigenvalue weighted by Gasteiger charge is -2.06. The van der Waals surface area contributed by atoms with Gasteiger partial charge in [-0.3, -0.25) is 9.59 Å². The second-order valence-corrected chi connectivity index (χ2v) is 7.40. The van der Waals surface area contributed by atoms with Gasteiger partial charge in [0.15, 0.2) is 5.78 Å². The summed E-state index contributed by atoms with van der Waals surface area (Å²) in [5, 5.41) is 4.18. The van der Waals surface area contributed by atoms with E-state index in [1.165, 1.54) is 11.3 Å². The molecule has 0 aliphatic carbocycles. The summed E-state index contributed by atoms with van der Waals surface area (Å²) < 4.78 is 0.969. The highest BCUT2D eigenvalue weighted by Crippen LogP contribution is 2.35. The first-order valence-electron chi connectivity index (χ1n) is 8.31. The number of thiophene rings is 1. The fourth-order valence-corrected chi connectivity index (χ4v) is 4.22. The predicted molar refractivity (Wildman–Crippen MR) is 111 cm³/mol. The van der Waals surface area contributed by atoms with Crippen molar-refractivity contribution in [2.24, 2.45) is 0 Å². The van der Waals surface area contributed by atoms with Crippen LogP contribution in [0, 0.1) is 0 Å². The van der Waals surface area contributed by atoms with E-state index < -0.39 is 0 Å². The topological polar surface area (TPSA) is 46.2 Å². The van der Waals surface area contributed by atoms with Crippen LogP contribution in [-0.4, -0.2) is 11.7 Å². The molecule has 4 rings (SSSR count). The molecule has 1 heterocycles. The Morgan fingerprint density at radius 3 is 2.11 bits per heavy atom. The van der Waals surface area contributed by atoms with Crippen molar-refractivity contribution in [2.45, 2.75) is 0 Å². The number of rotatable bonds is 4. The highest BCUT2D eigenvalue weighted by atomic mass is 35.5. The van der Waals surface area contributed by atoms with Crippen LogP contribution in [-0.2, 0) is 0 Å². The van der Waals surface area contributed by atoms with Gasteiger partial charge in [-0.25, -0.2) is 0 Å². The standard InChI is InChI=1S/C22H14ClNO2S/c23-19-17-8-4-5-9-18(17)27-21(19)22(26)24-16-12-10-15(11-13-16)20(25)14-6-2-1-3-7-14/h1-13H,(H,24,26). The molecular formula is C22H14ClNO2S. The first-order chi connectivity index (χ1) is 13.1. The predicted octanol–water partition coefficient (Wildman–Crippen LogP) is 6.04. The second-order valence-electron chi connectivity index (χ2n) is 5.97. The van der Waals surface area contributed by atoms with E-state index in [0.29, 0.717) is 26.7 Å². The third-order valence-electron chi connectivity index (χ3n) is 4.18. The van der Waals surface area contributed by atoms with E-state index in [2.05, 4.69) is 5.32 Å². The number of hydrogen-bond donors (Lipinski definition) is 1. The van der Waals surface area contributed by atoms with E-state index in [0.717, 1.165) is 10.1 Å². The molecule has 0 aliphatic rings. The number of benzene rings is 3. The zero-order valence-corrected chi connectivity index (χ0v) is 15.7. The van der Waals surface area contributed by atoms with Crippen LogP contribution in [0.25, 0.3) is 10.1 Å². The molecule has 0 saturated heterocycles. The average Bonchev–Trinajstić information content (AvgIpc) is 3.06. The van der Waals surface area contributed by atoms with E-state index in [4.69, 9.17) is 11.6 Å². The lowest BCUT2D eigenvalue weighted by atomic mass is 10.0. The molecule has 3 nitrogen and oxygen atoms in total. The molecule has 0 atom stereocenters. The molecule has 1 aromatic heterocycles. The molecule has 0 radical (unpaired) electrons. The lowest BCUT2D eigenvalue weighted by Crippen LogP contribution is -2.11. The molecule has 0 saturated carbocycles. The smallest absolute Gasteiger partial charge is 0.267 e. The number of hydrogen-bond acceptors (Lipinski definition) is 3. The minimum Gasteiger partial charge on any atom is -0.321 e. The molecular weight excluding hydrogens is 378 g/mol. The average molecular weight is 392 g/mol. The van der Waals surface area contributed by atoms with Crippen molar-refractivity contribution in [3.8, 4) is 0 Å². The molecule has 1 N–H and O–H groups in total. The van der Waals surface area contributed by atoms with E-state index in [1.54, 1.807) is 36.4 Å². The molecule has 4 aromatic rings. The van der Waals surface area contributed by atoms with Gasteiger partial charge >= 0.3 is 0 Å². The van der Waals surface area contributed by atoms with E-state index in [-0.39, 0.29) is 11.7 Å². The quantitative estimate of drug-likeness (QED) is 0.431. The van der Waals surface area contributed by atoms with Crippen LogP contribution in [0.1, 0.15) is 25.6 Å². The van der Waals surface area contributed by atoms with Crippen molar-refractivity contribution in [2.75, 3.05) is 5.32 Å². The maximum Gasteiger partial charge on any atom is 0.267 e. The monoisotopic (exact) mass is 391 g/mol. The van der Waals surface area contributed by atoms with E-state index in [1.807, 2.05) is 42.5 Å². The number of carbonyl (C=O) groups excluding carboxylic acids is 2. The number of fused-ring (bicyclic) bond motifs is 1. The van der Waals surface area contributed by atoms with Crippen LogP contribution in [0.4, 0.5) is 5.69 Å². The van der Waals surface area contributed by atoms with Crippen LogP contribution in [0.5, 0.6) is 0 Å². The molecule has 0 fully saturated rings. The van der Waals surface area contributed by atoms with E-state index >= 15 is 0 Å². The second kappa shape index (κ2) is 7.35. The summed E-state index contributed by atoms with van der Waals surface area (Å²) in [5.74, 6) is -0.315. The Labute approximate surface area is 165 Å². The largest absolute Gasteiger partial charge is 0.321 e. The Hall–Kier alpha value is -2.95. The molecule has 0 aliphatic heterocycles. The molecule has 0 unspecified atom stereocenters. The Bertz CT molecular complexity index is 1130. The minimum absolute atomic E-state index is 0.0546. The first-order valence-corrected chi connectivity index (χ1v) is 9.51. The molecule has 27 heavy (non-hydrogen) atoms. The van der Waals surface area contributed by atoms with Crippen molar-refractivity contribution in [1.82, 2.24) is 0 Å². The van der Waals surface area contributed by atoms with Crippen LogP contribution in [0.15, 0.2) is 78.9 Å². The van der Waals surface area contributed by atoms with Gasteiger partial charge in [0, 0.05) is 26.9 Å². The third kappa shape index (κ3) is 3.50. The molecule has 0 spiro atoms. The molecule has 3 aromatic carbocycles. The van der Waals surface area contributed by atoms with Gasteiger partial charge in [-0.05, 0) is 30.3 Å². The fourth-order valence-electron chi connectivity index (χ4n) is 2.81. The molecule has 1 amide bonds. The van der Waals surface area contributed by atoms with Gasteiger partial charge in [0.25, 0.3) is 5.91 Å². The van der Waals surface area contributed by atoms with Crippen molar-refractivity contribution >= 4 is 50.4 Å². The van der Waals surface area contributed by atoms with Crippen molar-refractivity contribution in [3.05, 3.63) is 99.9 Å². The highest BCUT2D eigenvalue weighted by molar-refractivity contribution is 7.21. The Balaban J connectivity index is 1.53. The highest BCUT2D eigenvalue weighted by Gasteiger charge is 2.17. The zero-order valence-electron chi connectivity index (χ0n) is 14.1. The Morgan fingerprint density at radius 1 is 0.778 bits per heavy atom. The summed E-state index contributed by atoms with van der Waals surface area (Å²) in [7, 11) is 0. The van der Waals surface area contributed by atoms with Crippen LogP contribution in [0.2, 0.25) is 5.02 Å². The molecule has 0 bridgehead atoms. The van der Waals surface area contributed by atoms with E-state index in [9.17, 15) is 9.59 Å². The number of amides is 1. The Morgan fingerprint density at radius 2 is 1.41 bits per heavy atom. The first kappa shape index (κ1) is 17.5. The van der Waals surface area contributed by atoms with Gasteiger partial charge in [-0.15, -0.1) is 11.3 Å². The van der Waals surface area contributed by atoms with Crippen LogP contribution < -0.4 is 5.32 Å². The fraction of sp³-hybridized carbons (Fsp3) is 0. The van der Waals surface area contributed by atoms with Gasteiger partial charge in [-0.2, -0.15) is 0 Å². The molecule has 5 heteroatoms. The normalized spacial score (nSPS) is 10.7. The Kier molecular flexibility index (Phi) is 4.75. The number of halogens is 1. The van der Waals surface area contributed by atoms with Gasteiger partial charge in [0.2, 0.25) is 0 Å². The summed E-state index contributed by atoms with van der Waals surface area (Å²) in [6, 6.07) is 23.6. The summed E-state index contributed by atoms with van der Waals surface area (Å²) in [6.45, 7) is 0. The number of ketones is 1. The minimum atomic E-state index is -0.261. The van der Waals surface area contributed by atoms with Gasteiger partial charge in [0.05, 0.1) is 5.02 Å².